The molecule has 5 atom stereocenters. The summed E-state index contributed by atoms with van der Waals surface area (Å²) in [5.41, 5.74) is -0.981. The zero-order valence-corrected chi connectivity index (χ0v) is 20.8. The van der Waals surface area contributed by atoms with Gasteiger partial charge in [0, 0.05) is 4.75 Å². The molecule has 180 valence electrons. The van der Waals surface area contributed by atoms with E-state index in [2.05, 4.69) is 54.2 Å². The van der Waals surface area contributed by atoms with Gasteiger partial charge in [0.25, 0.3) is 0 Å². The predicted octanol–water partition coefficient (Wildman–Crippen LogP) is 2.28. The summed E-state index contributed by atoms with van der Waals surface area (Å²) in [5, 5.41) is 39.3. The van der Waals surface area contributed by atoms with Crippen molar-refractivity contribution in [1.82, 2.24) is 0 Å². The summed E-state index contributed by atoms with van der Waals surface area (Å²) in [5.74, 6) is 0. The first-order chi connectivity index (χ1) is 13.4. The fourth-order valence-electron chi connectivity index (χ4n) is 4.55. The van der Waals surface area contributed by atoms with Gasteiger partial charge in [-0.2, -0.15) is 12.6 Å². The molecule has 1 heterocycles. The zero-order chi connectivity index (χ0) is 23.5. The second-order valence-electron chi connectivity index (χ2n) is 11.3. The van der Waals surface area contributed by atoms with Crippen LogP contribution < -0.4 is 0 Å². The normalized spacial score (nSPS) is 29.3. The van der Waals surface area contributed by atoms with Crippen molar-refractivity contribution < 1.29 is 34.6 Å². The van der Waals surface area contributed by atoms with E-state index in [9.17, 15) is 20.4 Å². The molecule has 0 saturated carbocycles. The van der Waals surface area contributed by atoms with E-state index >= 15 is 0 Å². The van der Waals surface area contributed by atoms with Crippen LogP contribution in [0.5, 0.6) is 0 Å². The first-order valence-corrected chi connectivity index (χ1v) is 11.2. The number of hydrogen-bond donors (Lipinski definition) is 5. The first kappa shape index (κ1) is 28.1. The van der Waals surface area contributed by atoms with E-state index in [1.807, 2.05) is 13.8 Å². The third-order valence-electron chi connectivity index (χ3n) is 5.30. The molecule has 1 aliphatic rings. The molecule has 8 heteroatoms. The minimum atomic E-state index is -1.45. The van der Waals surface area contributed by atoms with Gasteiger partial charge in [0.15, 0.2) is 6.29 Å². The number of rotatable bonds is 11. The average Bonchev–Trinajstić information content (AvgIpc) is 2.51. The highest BCUT2D eigenvalue weighted by Crippen LogP contribution is 2.39. The smallest absolute Gasteiger partial charge is 0.187 e. The maximum Gasteiger partial charge on any atom is 0.187 e. The minimum absolute atomic E-state index is 0.0547. The summed E-state index contributed by atoms with van der Waals surface area (Å²) >= 11 is 4.66. The molecule has 1 saturated heterocycles. The molecule has 1 rings (SSSR count). The Bertz CT molecular complexity index is 528. The molecule has 7 nitrogen and oxygen atoms in total. The fraction of sp³-hybridized carbons (Fsp3) is 1.00. The molecule has 30 heavy (non-hydrogen) atoms. The monoisotopic (exact) mass is 452 g/mol. The average molecular weight is 453 g/mol. The second kappa shape index (κ2) is 10.3. The summed E-state index contributed by atoms with van der Waals surface area (Å²) in [7, 11) is 0. The van der Waals surface area contributed by atoms with Crippen LogP contribution in [0.2, 0.25) is 0 Å². The summed E-state index contributed by atoms with van der Waals surface area (Å²) in [6, 6.07) is 0. The first-order valence-electron chi connectivity index (χ1n) is 10.7. The van der Waals surface area contributed by atoms with Crippen LogP contribution in [0.1, 0.15) is 74.7 Å². The molecule has 0 aromatic heterocycles. The lowest BCUT2D eigenvalue weighted by Gasteiger charge is -2.43. The lowest BCUT2D eigenvalue weighted by atomic mass is 9.76. The molecule has 1 fully saturated rings. The Morgan fingerprint density at radius 2 is 1.40 bits per heavy atom. The molecule has 1 aliphatic heterocycles. The second-order valence-corrected chi connectivity index (χ2v) is 12.5. The highest BCUT2D eigenvalue weighted by atomic mass is 32.1. The Labute approximate surface area is 187 Å². The van der Waals surface area contributed by atoms with Crippen LogP contribution in [0.4, 0.5) is 0 Å². The van der Waals surface area contributed by atoms with Gasteiger partial charge in [-0.05, 0) is 52.4 Å². The van der Waals surface area contributed by atoms with Crippen LogP contribution in [0.25, 0.3) is 0 Å². The van der Waals surface area contributed by atoms with Gasteiger partial charge < -0.3 is 34.6 Å². The molecular formula is C22H44O7S. The molecule has 0 spiro atoms. The van der Waals surface area contributed by atoms with Gasteiger partial charge in [0.2, 0.25) is 0 Å². The lowest BCUT2D eigenvalue weighted by Crippen LogP contribution is -2.60. The maximum absolute atomic E-state index is 10.2. The number of ether oxygens (including phenoxy) is 3. The van der Waals surface area contributed by atoms with E-state index in [0.29, 0.717) is 13.0 Å². The van der Waals surface area contributed by atoms with Crippen LogP contribution in [-0.4, -0.2) is 80.3 Å². The molecular weight excluding hydrogens is 408 g/mol. The molecule has 0 radical (unpaired) electrons. The van der Waals surface area contributed by atoms with E-state index in [4.69, 9.17) is 14.2 Å². The third kappa shape index (κ3) is 9.28. The van der Waals surface area contributed by atoms with Gasteiger partial charge in [-0.25, -0.2) is 0 Å². The van der Waals surface area contributed by atoms with Crippen LogP contribution in [0.3, 0.4) is 0 Å². The van der Waals surface area contributed by atoms with Gasteiger partial charge in [-0.3, -0.25) is 0 Å². The van der Waals surface area contributed by atoms with Gasteiger partial charge >= 0.3 is 0 Å². The van der Waals surface area contributed by atoms with Crippen molar-refractivity contribution in [2.45, 2.75) is 121 Å². The Kier molecular flexibility index (Phi) is 9.68. The van der Waals surface area contributed by atoms with Crippen molar-refractivity contribution in [3.05, 3.63) is 0 Å². The van der Waals surface area contributed by atoms with Crippen molar-refractivity contribution in [2.24, 2.45) is 5.41 Å². The van der Waals surface area contributed by atoms with Crippen molar-refractivity contribution >= 4 is 12.6 Å². The summed E-state index contributed by atoms with van der Waals surface area (Å²) < 4.78 is 17.4. The summed E-state index contributed by atoms with van der Waals surface area (Å²) in [6.45, 7) is 16.5. The quantitative estimate of drug-likeness (QED) is 0.306. The van der Waals surface area contributed by atoms with Crippen molar-refractivity contribution in [1.29, 1.82) is 0 Å². The highest BCUT2D eigenvalue weighted by molar-refractivity contribution is 7.81. The topological polar surface area (TPSA) is 109 Å². The Morgan fingerprint density at radius 1 is 0.833 bits per heavy atom. The fourth-order valence-corrected chi connectivity index (χ4v) is 4.98. The largest absolute Gasteiger partial charge is 0.394 e. The molecule has 3 unspecified atom stereocenters. The van der Waals surface area contributed by atoms with Crippen LogP contribution in [-0.2, 0) is 14.2 Å². The van der Waals surface area contributed by atoms with E-state index in [-0.39, 0.29) is 15.8 Å². The SMILES string of the molecule is CC(C)(S)CC(C)(C)CC(C)(C)OCCC(C)(C)O[C@@H]1OC(CO)[C@@H](O)C(O)C1O. The van der Waals surface area contributed by atoms with Gasteiger partial charge in [-0.1, -0.05) is 27.7 Å². The predicted molar refractivity (Wildman–Crippen MR) is 120 cm³/mol. The van der Waals surface area contributed by atoms with E-state index in [1.54, 1.807) is 0 Å². The molecule has 0 aliphatic carbocycles. The molecule has 0 aromatic carbocycles. The molecule has 0 aromatic rings. The van der Waals surface area contributed by atoms with Crippen molar-refractivity contribution in [2.75, 3.05) is 13.2 Å². The van der Waals surface area contributed by atoms with Gasteiger partial charge in [-0.15, -0.1) is 0 Å². The number of aliphatic hydroxyl groups excluding tert-OH is 4. The molecule has 4 N–H and O–H groups in total. The summed E-state index contributed by atoms with van der Waals surface area (Å²) in [6.07, 6.45) is -4.04. The van der Waals surface area contributed by atoms with Crippen molar-refractivity contribution in [3.8, 4) is 0 Å². The van der Waals surface area contributed by atoms with Gasteiger partial charge in [0.1, 0.15) is 24.4 Å². The van der Waals surface area contributed by atoms with E-state index in [0.717, 1.165) is 12.8 Å². The van der Waals surface area contributed by atoms with Crippen LogP contribution >= 0.6 is 12.6 Å². The van der Waals surface area contributed by atoms with E-state index < -0.39 is 42.9 Å². The number of aliphatic hydroxyl groups is 4. The van der Waals surface area contributed by atoms with Crippen LogP contribution in [0, 0.1) is 5.41 Å². The van der Waals surface area contributed by atoms with Crippen molar-refractivity contribution in [3.63, 3.8) is 0 Å². The standard InChI is InChI=1S/C22H44O7S/c1-19(2,13-22(7,8)30)12-21(5,6)27-10-9-20(3,4)29-18-17(26)16(25)15(24)14(11-23)28-18/h14-18,23-26,30H,9-13H2,1-8H3/t14?,15-,16?,17?,18+/m1/s1. The molecule has 0 bridgehead atoms. The van der Waals surface area contributed by atoms with Gasteiger partial charge in [0.05, 0.1) is 24.4 Å². The Hall–Kier alpha value is 0.0700. The minimum Gasteiger partial charge on any atom is -0.394 e. The molecule has 0 amide bonds. The summed E-state index contributed by atoms with van der Waals surface area (Å²) in [4.78, 5) is 0. The Morgan fingerprint density at radius 3 is 1.90 bits per heavy atom. The zero-order valence-electron chi connectivity index (χ0n) is 19.9. The van der Waals surface area contributed by atoms with Crippen LogP contribution in [0.15, 0.2) is 0 Å². The number of hydrogen-bond acceptors (Lipinski definition) is 8. The Balaban J connectivity index is 2.60. The maximum atomic E-state index is 10.2. The number of thiol groups is 1. The van der Waals surface area contributed by atoms with E-state index in [1.165, 1.54) is 0 Å². The highest BCUT2D eigenvalue weighted by Gasteiger charge is 2.45. The third-order valence-corrected chi connectivity index (χ3v) is 5.45. The lowest BCUT2D eigenvalue weighted by molar-refractivity contribution is -0.324.